The zero-order valence-corrected chi connectivity index (χ0v) is 9.41. The standard InChI is InChI=1S/C10H12N2O2S/c1-3-6(2)7-8(9(13)14)12-4-5-15-10(12)11-7/h4-6H,3H2,1-2H3,(H,13,14). The Morgan fingerprint density at radius 3 is 3.07 bits per heavy atom. The summed E-state index contributed by atoms with van der Waals surface area (Å²) < 4.78 is 1.65. The lowest BCUT2D eigenvalue weighted by Gasteiger charge is -2.05. The van der Waals surface area contributed by atoms with E-state index in [1.807, 2.05) is 19.2 Å². The number of hydrogen-bond acceptors (Lipinski definition) is 3. The highest BCUT2D eigenvalue weighted by Gasteiger charge is 2.22. The molecule has 2 rings (SSSR count). The van der Waals surface area contributed by atoms with Crippen molar-refractivity contribution in [3.05, 3.63) is 23.0 Å². The summed E-state index contributed by atoms with van der Waals surface area (Å²) in [5, 5.41) is 11.0. The predicted molar refractivity (Wildman–Crippen MR) is 58.7 cm³/mol. The van der Waals surface area contributed by atoms with Crippen LogP contribution in [-0.2, 0) is 0 Å². The molecule has 1 unspecified atom stereocenters. The van der Waals surface area contributed by atoms with Crippen molar-refractivity contribution in [1.82, 2.24) is 9.38 Å². The summed E-state index contributed by atoms with van der Waals surface area (Å²) >= 11 is 1.46. The molecule has 0 bridgehead atoms. The summed E-state index contributed by atoms with van der Waals surface area (Å²) in [5.74, 6) is -0.723. The second kappa shape index (κ2) is 3.66. The molecule has 0 radical (unpaired) electrons. The summed E-state index contributed by atoms with van der Waals surface area (Å²) in [6.07, 6.45) is 2.65. The van der Waals surface area contributed by atoms with Crippen LogP contribution in [0.3, 0.4) is 0 Å². The molecule has 1 N–H and O–H groups in total. The zero-order valence-electron chi connectivity index (χ0n) is 8.60. The second-order valence-corrected chi connectivity index (χ2v) is 4.39. The lowest BCUT2D eigenvalue weighted by Crippen LogP contribution is -2.06. The maximum atomic E-state index is 11.2. The maximum Gasteiger partial charge on any atom is 0.354 e. The van der Waals surface area contributed by atoms with Crippen molar-refractivity contribution in [2.75, 3.05) is 0 Å². The summed E-state index contributed by atoms with van der Waals surface area (Å²) in [6, 6.07) is 0. The average molecular weight is 224 g/mol. The minimum absolute atomic E-state index is 0.184. The molecule has 15 heavy (non-hydrogen) atoms. The Balaban J connectivity index is 2.67. The van der Waals surface area contributed by atoms with Gasteiger partial charge in [0.1, 0.15) is 0 Å². The Labute approximate surface area is 91.2 Å². The smallest absolute Gasteiger partial charge is 0.354 e. The number of thiazole rings is 1. The third-order valence-electron chi connectivity index (χ3n) is 2.57. The first-order valence-corrected chi connectivity index (χ1v) is 5.71. The molecule has 0 fully saturated rings. The fourth-order valence-electron chi connectivity index (χ4n) is 1.55. The van der Waals surface area contributed by atoms with Gasteiger partial charge in [-0.2, -0.15) is 0 Å². The van der Waals surface area contributed by atoms with Gasteiger partial charge in [0.25, 0.3) is 0 Å². The highest BCUT2D eigenvalue weighted by atomic mass is 32.1. The Morgan fingerprint density at radius 2 is 2.47 bits per heavy atom. The first-order valence-electron chi connectivity index (χ1n) is 4.83. The number of carboxylic acid groups (broad SMARTS) is 1. The fourth-order valence-corrected chi connectivity index (χ4v) is 2.27. The van der Waals surface area contributed by atoms with Gasteiger partial charge in [0.2, 0.25) is 0 Å². The molecule has 0 aromatic carbocycles. The maximum absolute atomic E-state index is 11.2. The van der Waals surface area contributed by atoms with E-state index in [2.05, 4.69) is 4.98 Å². The van der Waals surface area contributed by atoms with Crippen LogP contribution in [0.5, 0.6) is 0 Å². The summed E-state index contributed by atoms with van der Waals surface area (Å²) in [7, 11) is 0. The molecule has 0 saturated heterocycles. The molecular formula is C10H12N2O2S. The van der Waals surface area contributed by atoms with Gasteiger partial charge < -0.3 is 5.11 Å². The third kappa shape index (κ3) is 1.52. The SMILES string of the molecule is CCC(C)c1nc2sccn2c1C(=O)O. The van der Waals surface area contributed by atoms with E-state index < -0.39 is 5.97 Å². The van der Waals surface area contributed by atoms with Crippen LogP contribution < -0.4 is 0 Å². The number of imidazole rings is 1. The number of aromatic nitrogens is 2. The molecule has 0 amide bonds. The predicted octanol–water partition coefficient (Wildman–Crippen LogP) is 2.61. The first kappa shape index (κ1) is 10.2. The molecule has 2 aromatic rings. The normalized spacial score (nSPS) is 13.2. The molecule has 4 nitrogen and oxygen atoms in total. The van der Waals surface area contributed by atoms with E-state index in [-0.39, 0.29) is 5.92 Å². The van der Waals surface area contributed by atoms with Crippen LogP contribution >= 0.6 is 11.3 Å². The van der Waals surface area contributed by atoms with E-state index in [1.54, 1.807) is 10.6 Å². The van der Waals surface area contributed by atoms with E-state index >= 15 is 0 Å². The van der Waals surface area contributed by atoms with Crippen molar-refractivity contribution >= 4 is 22.3 Å². The Bertz CT molecular complexity index is 500. The summed E-state index contributed by atoms with van der Waals surface area (Å²) in [5.41, 5.74) is 0.998. The van der Waals surface area contributed by atoms with E-state index in [0.29, 0.717) is 11.4 Å². The molecule has 0 aliphatic carbocycles. The molecule has 1 atom stereocenters. The number of carboxylic acids is 1. The van der Waals surface area contributed by atoms with E-state index in [4.69, 9.17) is 5.11 Å². The van der Waals surface area contributed by atoms with Crippen LogP contribution in [0.4, 0.5) is 0 Å². The van der Waals surface area contributed by atoms with Crippen LogP contribution in [0.25, 0.3) is 4.96 Å². The van der Waals surface area contributed by atoms with Crippen molar-refractivity contribution < 1.29 is 9.90 Å². The van der Waals surface area contributed by atoms with E-state index in [1.165, 1.54) is 11.3 Å². The van der Waals surface area contributed by atoms with Gasteiger partial charge in [0.15, 0.2) is 10.7 Å². The average Bonchev–Trinajstić information content (AvgIpc) is 2.73. The molecule has 80 valence electrons. The van der Waals surface area contributed by atoms with Crippen molar-refractivity contribution in [2.45, 2.75) is 26.2 Å². The molecule has 0 spiro atoms. The molecule has 0 saturated carbocycles. The number of fused-ring (bicyclic) bond motifs is 1. The van der Waals surface area contributed by atoms with Gasteiger partial charge in [-0.25, -0.2) is 9.78 Å². The second-order valence-electron chi connectivity index (χ2n) is 3.52. The van der Waals surface area contributed by atoms with E-state index in [0.717, 1.165) is 11.4 Å². The zero-order chi connectivity index (χ0) is 11.0. The van der Waals surface area contributed by atoms with Gasteiger partial charge >= 0.3 is 5.97 Å². The Morgan fingerprint density at radius 1 is 1.73 bits per heavy atom. The van der Waals surface area contributed by atoms with Gasteiger partial charge in [0, 0.05) is 17.5 Å². The first-order chi connectivity index (χ1) is 7.15. The Hall–Kier alpha value is -1.36. The lowest BCUT2D eigenvalue weighted by molar-refractivity contribution is 0.0687. The molecule has 2 heterocycles. The van der Waals surface area contributed by atoms with Crippen molar-refractivity contribution in [2.24, 2.45) is 0 Å². The van der Waals surface area contributed by atoms with Gasteiger partial charge in [0.05, 0.1) is 5.69 Å². The van der Waals surface area contributed by atoms with Gasteiger partial charge in [-0.15, -0.1) is 11.3 Å². The third-order valence-corrected chi connectivity index (χ3v) is 3.33. The Kier molecular flexibility index (Phi) is 2.48. The molecule has 5 heteroatoms. The molecule has 2 aromatic heterocycles. The number of aromatic carboxylic acids is 1. The van der Waals surface area contributed by atoms with Crippen LogP contribution in [0.15, 0.2) is 11.6 Å². The number of hydrogen-bond donors (Lipinski definition) is 1. The van der Waals surface area contributed by atoms with Crippen molar-refractivity contribution in [3.8, 4) is 0 Å². The van der Waals surface area contributed by atoms with E-state index in [9.17, 15) is 4.79 Å². The number of rotatable bonds is 3. The van der Waals surface area contributed by atoms with Gasteiger partial charge in [-0.3, -0.25) is 4.40 Å². The van der Waals surface area contributed by atoms with Crippen LogP contribution in [0.2, 0.25) is 0 Å². The summed E-state index contributed by atoms with van der Waals surface area (Å²) in [6.45, 7) is 4.03. The van der Waals surface area contributed by atoms with Crippen LogP contribution in [0, 0.1) is 0 Å². The van der Waals surface area contributed by atoms with Gasteiger partial charge in [-0.1, -0.05) is 13.8 Å². The highest BCUT2D eigenvalue weighted by Crippen LogP contribution is 2.25. The number of carbonyl (C=O) groups is 1. The summed E-state index contributed by atoms with van der Waals surface area (Å²) in [4.78, 5) is 16.3. The largest absolute Gasteiger partial charge is 0.477 e. The fraction of sp³-hybridized carbons (Fsp3) is 0.400. The van der Waals surface area contributed by atoms with Crippen molar-refractivity contribution in [1.29, 1.82) is 0 Å². The highest BCUT2D eigenvalue weighted by molar-refractivity contribution is 7.15. The number of nitrogens with zero attached hydrogens (tertiary/aromatic N) is 2. The van der Waals surface area contributed by atoms with Crippen LogP contribution in [0.1, 0.15) is 42.4 Å². The van der Waals surface area contributed by atoms with Crippen molar-refractivity contribution in [3.63, 3.8) is 0 Å². The minimum atomic E-state index is -0.906. The lowest BCUT2D eigenvalue weighted by atomic mass is 10.0. The minimum Gasteiger partial charge on any atom is -0.477 e. The molecular weight excluding hydrogens is 212 g/mol. The van der Waals surface area contributed by atoms with Crippen LogP contribution in [-0.4, -0.2) is 20.5 Å². The molecule has 0 aliphatic heterocycles. The molecule has 0 aliphatic rings. The van der Waals surface area contributed by atoms with Gasteiger partial charge in [-0.05, 0) is 6.42 Å². The topological polar surface area (TPSA) is 54.6 Å². The quantitative estimate of drug-likeness (QED) is 0.871. The monoisotopic (exact) mass is 224 g/mol.